The van der Waals surface area contributed by atoms with Crippen LogP contribution in [0.1, 0.15) is 22.7 Å². The molecule has 1 fully saturated rings. The first-order valence-electron chi connectivity index (χ1n) is 11.4. The van der Waals surface area contributed by atoms with Gasteiger partial charge in [0.1, 0.15) is 5.76 Å². The molecule has 2 N–H and O–H groups in total. The molecule has 4 aromatic rings. The fourth-order valence-electron chi connectivity index (χ4n) is 4.10. The van der Waals surface area contributed by atoms with E-state index in [0.29, 0.717) is 31.3 Å². The number of halogens is 2. The zero-order valence-corrected chi connectivity index (χ0v) is 23.3. The van der Waals surface area contributed by atoms with Gasteiger partial charge in [-0.05, 0) is 35.4 Å². The van der Waals surface area contributed by atoms with Crippen LogP contribution in [0.25, 0.3) is 5.76 Å². The molecule has 1 atom stereocenters. The van der Waals surface area contributed by atoms with Crippen LogP contribution in [0.2, 0.25) is 10.0 Å². The number of hydrogen-bond donors (Lipinski definition) is 2. The first-order valence-corrected chi connectivity index (χ1v) is 14.0. The molecule has 1 aliphatic heterocycles. The number of anilines is 1. The summed E-state index contributed by atoms with van der Waals surface area (Å²) >= 11 is 14.8. The van der Waals surface area contributed by atoms with Crippen molar-refractivity contribution in [1.82, 2.24) is 10.2 Å². The minimum atomic E-state index is -1.05. The van der Waals surface area contributed by atoms with Crippen molar-refractivity contribution in [1.29, 1.82) is 0 Å². The lowest BCUT2D eigenvalue weighted by Gasteiger charge is -2.23. The number of aliphatic hydroxyl groups is 1. The number of aromatic nitrogens is 2. The number of phenols is 1. The van der Waals surface area contributed by atoms with Crippen molar-refractivity contribution in [2.45, 2.75) is 16.1 Å². The second-order valence-corrected chi connectivity index (χ2v) is 11.4. The SMILES string of the molecule is COc1cc(C2/C(=C(/O)c3ccccc3)C(=O)C(=O)N2c2nnc(SCc3ccc(Cl)cc3Cl)s2)ccc1O. The van der Waals surface area contributed by atoms with E-state index < -0.39 is 17.7 Å². The van der Waals surface area contributed by atoms with E-state index in [1.165, 1.54) is 35.9 Å². The van der Waals surface area contributed by atoms with Gasteiger partial charge in [-0.1, -0.05) is 88.8 Å². The van der Waals surface area contributed by atoms with Crippen LogP contribution in [0.4, 0.5) is 5.13 Å². The van der Waals surface area contributed by atoms with E-state index in [1.807, 2.05) is 6.07 Å². The van der Waals surface area contributed by atoms with Crippen molar-refractivity contribution in [2.24, 2.45) is 0 Å². The summed E-state index contributed by atoms with van der Waals surface area (Å²) in [5.41, 5.74) is 1.54. The Morgan fingerprint density at radius 2 is 1.85 bits per heavy atom. The Balaban J connectivity index is 1.55. The average Bonchev–Trinajstić information content (AvgIpc) is 3.50. The lowest BCUT2D eigenvalue weighted by molar-refractivity contribution is -0.132. The van der Waals surface area contributed by atoms with Crippen LogP contribution in [0, 0.1) is 0 Å². The molecule has 2 heterocycles. The van der Waals surface area contributed by atoms with E-state index in [4.69, 9.17) is 27.9 Å². The Hall–Kier alpha value is -3.57. The fourth-order valence-corrected chi connectivity index (χ4v) is 6.52. The van der Waals surface area contributed by atoms with Gasteiger partial charge in [0, 0.05) is 21.4 Å². The Morgan fingerprint density at radius 3 is 2.56 bits per heavy atom. The number of phenolic OH excluding ortho intramolecular Hbond substituents is 1. The minimum absolute atomic E-state index is 0.114. The number of carbonyl (C=O) groups is 2. The van der Waals surface area contributed by atoms with Gasteiger partial charge in [0.2, 0.25) is 5.13 Å². The third-order valence-electron chi connectivity index (χ3n) is 5.98. The van der Waals surface area contributed by atoms with Crippen molar-refractivity contribution in [2.75, 3.05) is 12.0 Å². The molecule has 12 heteroatoms. The Kier molecular flexibility index (Phi) is 7.81. The molecule has 39 heavy (non-hydrogen) atoms. The van der Waals surface area contributed by atoms with Crippen molar-refractivity contribution in [3.63, 3.8) is 0 Å². The molecule has 0 radical (unpaired) electrons. The number of thioether (sulfide) groups is 1. The molecular formula is C27H19Cl2N3O5S2. The summed E-state index contributed by atoms with van der Waals surface area (Å²) < 4.78 is 5.80. The third-order valence-corrected chi connectivity index (χ3v) is 8.67. The van der Waals surface area contributed by atoms with Gasteiger partial charge in [-0.2, -0.15) is 0 Å². The van der Waals surface area contributed by atoms with Crippen molar-refractivity contribution < 1.29 is 24.5 Å². The molecule has 1 unspecified atom stereocenters. The van der Waals surface area contributed by atoms with E-state index in [2.05, 4.69) is 10.2 Å². The molecule has 0 saturated carbocycles. The van der Waals surface area contributed by atoms with E-state index in [0.717, 1.165) is 16.9 Å². The van der Waals surface area contributed by atoms with Crippen LogP contribution in [-0.2, 0) is 15.3 Å². The van der Waals surface area contributed by atoms with E-state index in [1.54, 1.807) is 48.5 Å². The molecule has 0 bridgehead atoms. The predicted molar refractivity (Wildman–Crippen MR) is 152 cm³/mol. The Morgan fingerprint density at radius 1 is 1.08 bits per heavy atom. The molecule has 8 nitrogen and oxygen atoms in total. The summed E-state index contributed by atoms with van der Waals surface area (Å²) in [7, 11) is 1.39. The zero-order valence-electron chi connectivity index (χ0n) is 20.2. The molecule has 1 aliphatic rings. The van der Waals surface area contributed by atoms with E-state index in [9.17, 15) is 19.8 Å². The minimum Gasteiger partial charge on any atom is -0.507 e. The third kappa shape index (κ3) is 5.33. The number of aliphatic hydroxyl groups excluding tert-OH is 1. The number of Topliss-reactive ketones (excluding diaryl/α,β-unsaturated/α-hetero) is 1. The number of carbonyl (C=O) groups excluding carboxylic acids is 2. The molecule has 198 valence electrons. The number of benzene rings is 3. The average molecular weight is 601 g/mol. The van der Waals surface area contributed by atoms with Gasteiger partial charge in [-0.3, -0.25) is 14.5 Å². The van der Waals surface area contributed by atoms with Crippen molar-refractivity contribution in [3.8, 4) is 11.5 Å². The quantitative estimate of drug-likeness (QED) is 0.0816. The van der Waals surface area contributed by atoms with Crippen LogP contribution in [0.3, 0.4) is 0 Å². The molecular weight excluding hydrogens is 581 g/mol. The molecule has 1 amide bonds. The van der Waals surface area contributed by atoms with Crippen LogP contribution < -0.4 is 9.64 Å². The molecule has 1 aromatic heterocycles. The number of aromatic hydroxyl groups is 1. The highest BCUT2D eigenvalue weighted by atomic mass is 35.5. The fraction of sp³-hybridized carbons (Fsp3) is 0.111. The largest absolute Gasteiger partial charge is 0.507 e. The highest BCUT2D eigenvalue weighted by molar-refractivity contribution is 8.00. The van der Waals surface area contributed by atoms with Crippen molar-refractivity contribution in [3.05, 3.63) is 99.0 Å². The maximum absolute atomic E-state index is 13.4. The van der Waals surface area contributed by atoms with Crippen LogP contribution in [0.15, 0.2) is 76.6 Å². The topological polar surface area (TPSA) is 113 Å². The highest BCUT2D eigenvalue weighted by Crippen LogP contribution is 2.45. The number of nitrogens with zero attached hydrogens (tertiary/aromatic N) is 3. The predicted octanol–water partition coefficient (Wildman–Crippen LogP) is 6.48. The van der Waals surface area contributed by atoms with E-state index >= 15 is 0 Å². The van der Waals surface area contributed by atoms with Gasteiger partial charge < -0.3 is 14.9 Å². The second kappa shape index (κ2) is 11.3. The van der Waals surface area contributed by atoms with Crippen molar-refractivity contribution >= 4 is 68.9 Å². The van der Waals surface area contributed by atoms with E-state index in [-0.39, 0.29) is 28.0 Å². The van der Waals surface area contributed by atoms with Gasteiger partial charge in [0.05, 0.1) is 18.7 Å². The van der Waals surface area contributed by atoms with Gasteiger partial charge in [-0.25, -0.2) is 0 Å². The number of ketones is 1. The second-order valence-electron chi connectivity index (χ2n) is 8.34. The lowest BCUT2D eigenvalue weighted by atomic mass is 9.95. The number of amides is 1. The summed E-state index contributed by atoms with van der Waals surface area (Å²) in [6.07, 6.45) is 0. The highest BCUT2D eigenvalue weighted by Gasteiger charge is 2.48. The monoisotopic (exact) mass is 599 g/mol. The summed E-state index contributed by atoms with van der Waals surface area (Å²) in [6, 6.07) is 17.1. The maximum Gasteiger partial charge on any atom is 0.301 e. The molecule has 0 spiro atoms. The summed E-state index contributed by atoms with van der Waals surface area (Å²) in [5.74, 6) is -1.55. The molecule has 1 saturated heterocycles. The Labute approximate surface area is 241 Å². The first kappa shape index (κ1) is 27.0. The molecule has 3 aromatic carbocycles. The number of ether oxygens (including phenoxy) is 1. The summed E-state index contributed by atoms with van der Waals surface area (Å²) in [4.78, 5) is 27.9. The first-order chi connectivity index (χ1) is 18.8. The normalized spacial score (nSPS) is 16.6. The molecule has 5 rings (SSSR count). The number of rotatable bonds is 7. The Bertz CT molecular complexity index is 1610. The maximum atomic E-state index is 13.4. The van der Waals surface area contributed by atoms with Crippen LogP contribution >= 0.6 is 46.3 Å². The van der Waals surface area contributed by atoms with Gasteiger partial charge in [0.15, 0.2) is 15.8 Å². The van der Waals surface area contributed by atoms with Gasteiger partial charge in [0.25, 0.3) is 5.78 Å². The summed E-state index contributed by atoms with van der Waals surface area (Å²) in [6.45, 7) is 0. The van der Waals surface area contributed by atoms with Gasteiger partial charge in [-0.15, -0.1) is 10.2 Å². The number of methoxy groups -OCH3 is 1. The summed E-state index contributed by atoms with van der Waals surface area (Å²) in [5, 5.41) is 30.9. The standard InChI is InChI=1S/C27H19Cl2N3O5S2/c1-37-20-11-15(8-10-19(20)33)22-21(23(34)14-5-3-2-4-6-14)24(35)25(36)32(22)26-30-31-27(39-26)38-13-16-7-9-17(28)12-18(16)29/h2-12,22,33-34H,13H2,1H3/b23-21-. The lowest BCUT2D eigenvalue weighted by Crippen LogP contribution is -2.29. The van der Waals surface area contributed by atoms with Gasteiger partial charge >= 0.3 is 5.91 Å². The zero-order chi connectivity index (χ0) is 27.7. The molecule has 0 aliphatic carbocycles. The number of hydrogen-bond acceptors (Lipinski definition) is 9. The van der Waals surface area contributed by atoms with Crippen LogP contribution in [0.5, 0.6) is 11.5 Å². The smallest absolute Gasteiger partial charge is 0.301 e. The van der Waals surface area contributed by atoms with Crippen LogP contribution in [-0.4, -0.2) is 39.2 Å².